The van der Waals surface area contributed by atoms with Gasteiger partial charge in [0.2, 0.25) is 5.91 Å². The zero-order chi connectivity index (χ0) is 13.1. The number of rotatable bonds is 4. The summed E-state index contributed by atoms with van der Waals surface area (Å²) in [5.74, 6) is 0.804. The highest BCUT2D eigenvalue weighted by Gasteiger charge is 2.27. The molecule has 0 aliphatic rings. The maximum Gasteiger partial charge on any atom is 0.231 e. The van der Waals surface area contributed by atoms with Crippen molar-refractivity contribution >= 4 is 23.2 Å². The van der Waals surface area contributed by atoms with Gasteiger partial charge in [-0.15, -0.1) is 11.6 Å². The predicted molar refractivity (Wildman–Crippen MR) is 70.9 cm³/mol. The van der Waals surface area contributed by atoms with Gasteiger partial charge in [-0.2, -0.15) is 0 Å². The molecular formula is C13H18ClNO2. The standard InChI is InChI=1S/C13H18ClNO2/c1-9-5-6-11(17-4)10(7-9)15-12(16)13(2,3)8-14/h5-7H,8H2,1-4H3,(H,15,16). The minimum Gasteiger partial charge on any atom is -0.495 e. The van der Waals surface area contributed by atoms with Gasteiger partial charge in [0.05, 0.1) is 18.2 Å². The molecule has 0 saturated heterocycles. The lowest BCUT2D eigenvalue weighted by Gasteiger charge is -2.21. The molecule has 0 aliphatic heterocycles. The first-order valence-corrected chi connectivity index (χ1v) is 5.96. The Bertz CT molecular complexity index is 416. The highest BCUT2D eigenvalue weighted by Crippen LogP contribution is 2.28. The topological polar surface area (TPSA) is 38.3 Å². The molecule has 0 aromatic heterocycles. The summed E-state index contributed by atoms with van der Waals surface area (Å²) in [6.07, 6.45) is 0. The molecule has 0 saturated carbocycles. The third kappa shape index (κ3) is 3.37. The Morgan fingerprint density at radius 1 is 1.47 bits per heavy atom. The monoisotopic (exact) mass is 255 g/mol. The maximum atomic E-state index is 12.0. The highest BCUT2D eigenvalue weighted by atomic mass is 35.5. The van der Waals surface area contributed by atoms with Crippen LogP contribution in [0.1, 0.15) is 19.4 Å². The van der Waals surface area contributed by atoms with E-state index in [4.69, 9.17) is 16.3 Å². The van der Waals surface area contributed by atoms with Gasteiger partial charge < -0.3 is 10.1 Å². The van der Waals surface area contributed by atoms with Crippen LogP contribution in [0.15, 0.2) is 18.2 Å². The van der Waals surface area contributed by atoms with Crippen LogP contribution in [0.4, 0.5) is 5.69 Å². The van der Waals surface area contributed by atoms with Gasteiger partial charge >= 0.3 is 0 Å². The number of ether oxygens (including phenoxy) is 1. The zero-order valence-corrected chi connectivity index (χ0v) is 11.4. The van der Waals surface area contributed by atoms with Gasteiger partial charge in [-0.3, -0.25) is 4.79 Å². The van der Waals surface area contributed by atoms with E-state index >= 15 is 0 Å². The summed E-state index contributed by atoms with van der Waals surface area (Å²) < 4.78 is 5.20. The molecule has 4 heteroatoms. The summed E-state index contributed by atoms with van der Waals surface area (Å²) in [7, 11) is 1.58. The molecule has 1 rings (SSSR count). The molecule has 0 fully saturated rings. The van der Waals surface area contributed by atoms with Crippen molar-refractivity contribution in [1.29, 1.82) is 0 Å². The molecule has 0 radical (unpaired) electrons. The van der Waals surface area contributed by atoms with E-state index in [9.17, 15) is 4.79 Å². The number of aryl methyl sites for hydroxylation is 1. The number of halogens is 1. The van der Waals surface area contributed by atoms with Crippen LogP contribution in [0.3, 0.4) is 0 Å². The number of methoxy groups -OCH3 is 1. The fourth-order valence-corrected chi connectivity index (χ4v) is 1.39. The van der Waals surface area contributed by atoms with Gasteiger partial charge in [0.25, 0.3) is 0 Å². The minimum atomic E-state index is -0.601. The molecule has 0 heterocycles. The SMILES string of the molecule is COc1ccc(C)cc1NC(=O)C(C)(C)CCl. The quantitative estimate of drug-likeness (QED) is 0.839. The summed E-state index contributed by atoms with van der Waals surface area (Å²) in [6, 6.07) is 5.64. The molecule has 94 valence electrons. The van der Waals surface area contributed by atoms with Crippen molar-refractivity contribution in [2.75, 3.05) is 18.3 Å². The van der Waals surface area contributed by atoms with Crippen LogP contribution < -0.4 is 10.1 Å². The fraction of sp³-hybridized carbons (Fsp3) is 0.462. The Balaban J connectivity index is 2.95. The van der Waals surface area contributed by atoms with Gasteiger partial charge in [0.1, 0.15) is 5.75 Å². The molecular weight excluding hydrogens is 238 g/mol. The van der Waals surface area contributed by atoms with Gasteiger partial charge in [-0.1, -0.05) is 6.07 Å². The second kappa shape index (κ2) is 5.41. The van der Waals surface area contributed by atoms with Gasteiger partial charge in [-0.05, 0) is 38.5 Å². The van der Waals surface area contributed by atoms with E-state index in [1.807, 2.05) is 25.1 Å². The van der Waals surface area contributed by atoms with Crippen molar-refractivity contribution in [3.63, 3.8) is 0 Å². The molecule has 0 atom stereocenters. The average molecular weight is 256 g/mol. The number of hydrogen-bond donors (Lipinski definition) is 1. The number of nitrogens with one attached hydrogen (secondary N) is 1. The number of amides is 1. The van der Waals surface area contributed by atoms with E-state index in [0.717, 1.165) is 5.56 Å². The first-order chi connectivity index (χ1) is 7.90. The molecule has 3 nitrogen and oxygen atoms in total. The summed E-state index contributed by atoms with van der Waals surface area (Å²) in [4.78, 5) is 12.0. The zero-order valence-electron chi connectivity index (χ0n) is 10.6. The summed E-state index contributed by atoms with van der Waals surface area (Å²) in [5, 5.41) is 2.85. The molecule has 0 aliphatic carbocycles. The van der Waals surface area contributed by atoms with Gasteiger partial charge in [0, 0.05) is 5.88 Å². The first-order valence-electron chi connectivity index (χ1n) is 5.43. The van der Waals surface area contributed by atoms with Crippen LogP contribution in [0.2, 0.25) is 0 Å². The van der Waals surface area contributed by atoms with E-state index in [1.165, 1.54) is 0 Å². The molecule has 1 aromatic rings. The fourth-order valence-electron chi connectivity index (χ4n) is 1.27. The summed E-state index contributed by atoms with van der Waals surface area (Å²) in [6.45, 7) is 5.57. The van der Waals surface area contributed by atoms with E-state index in [-0.39, 0.29) is 11.8 Å². The lowest BCUT2D eigenvalue weighted by molar-refractivity contribution is -0.122. The van der Waals surface area contributed by atoms with Crippen molar-refractivity contribution in [1.82, 2.24) is 0 Å². The Hall–Kier alpha value is -1.22. The lowest BCUT2D eigenvalue weighted by Crippen LogP contribution is -2.32. The van der Waals surface area contributed by atoms with E-state index in [2.05, 4.69) is 5.32 Å². The highest BCUT2D eigenvalue weighted by molar-refractivity contribution is 6.20. The van der Waals surface area contributed by atoms with Crippen LogP contribution in [0, 0.1) is 12.3 Å². The Morgan fingerprint density at radius 2 is 2.12 bits per heavy atom. The molecule has 1 amide bonds. The molecule has 0 bridgehead atoms. The number of hydrogen-bond acceptors (Lipinski definition) is 2. The van der Waals surface area contributed by atoms with Crippen molar-refractivity contribution in [3.05, 3.63) is 23.8 Å². The molecule has 0 unspecified atom stereocenters. The van der Waals surface area contributed by atoms with Crippen LogP contribution >= 0.6 is 11.6 Å². The van der Waals surface area contributed by atoms with Crippen LogP contribution in [0.5, 0.6) is 5.75 Å². The van der Waals surface area contributed by atoms with Crippen molar-refractivity contribution in [3.8, 4) is 5.75 Å². The molecule has 1 N–H and O–H groups in total. The third-order valence-electron chi connectivity index (χ3n) is 2.55. The number of anilines is 1. The van der Waals surface area contributed by atoms with Crippen molar-refractivity contribution in [2.24, 2.45) is 5.41 Å². The van der Waals surface area contributed by atoms with Crippen LogP contribution in [-0.2, 0) is 4.79 Å². The first kappa shape index (κ1) is 13.8. The molecule has 0 spiro atoms. The second-order valence-corrected chi connectivity index (χ2v) is 4.94. The third-order valence-corrected chi connectivity index (χ3v) is 3.22. The molecule has 1 aromatic carbocycles. The Labute approximate surface area is 107 Å². The van der Waals surface area contributed by atoms with E-state index in [1.54, 1.807) is 21.0 Å². The Morgan fingerprint density at radius 3 is 2.65 bits per heavy atom. The average Bonchev–Trinajstić information content (AvgIpc) is 2.29. The van der Waals surface area contributed by atoms with Gasteiger partial charge in [-0.25, -0.2) is 0 Å². The Kier molecular flexibility index (Phi) is 4.40. The molecule has 17 heavy (non-hydrogen) atoms. The van der Waals surface area contributed by atoms with Crippen molar-refractivity contribution < 1.29 is 9.53 Å². The normalized spacial score (nSPS) is 11.1. The minimum absolute atomic E-state index is 0.114. The number of alkyl halides is 1. The van der Waals surface area contributed by atoms with E-state index in [0.29, 0.717) is 11.4 Å². The predicted octanol–water partition coefficient (Wildman–Crippen LogP) is 3.21. The van der Waals surface area contributed by atoms with E-state index < -0.39 is 5.41 Å². The smallest absolute Gasteiger partial charge is 0.231 e. The van der Waals surface area contributed by atoms with Crippen LogP contribution in [0.25, 0.3) is 0 Å². The maximum absolute atomic E-state index is 12.0. The summed E-state index contributed by atoms with van der Waals surface area (Å²) >= 11 is 5.77. The summed E-state index contributed by atoms with van der Waals surface area (Å²) in [5.41, 5.74) is 1.14. The lowest BCUT2D eigenvalue weighted by atomic mass is 9.95. The number of carbonyl (C=O) groups excluding carboxylic acids is 1. The van der Waals surface area contributed by atoms with Crippen molar-refractivity contribution in [2.45, 2.75) is 20.8 Å². The van der Waals surface area contributed by atoms with Crippen LogP contribution in [-0.4, -0.2) is 18.9 Å². The second-order valence-electron chi connectivity index (χ2n) is 4.68. The number of carbonyl (C=O) groups is 1. The number of benzene rings is 1. The largest absolute Gasteiger partial charge is 0.495 e. The van der Waals surface area contributed by atoms with Gasteiger partial charge in [0.15, 0.2) is 0 Å².